The third-order valence-electron chi connectivity index (χ3n) is 2.08. The fourth-order valence-electron chi connectivity index (χ4n) is 1.35. The van der Waals surface area contributed by atoms with E-state index in [0.717, 1.165) is 0 Å². The van der Waals surface area contributed by atoms with Gasteiger partial charge in [0.15, 0.2) is 0 Å². The smallest absolute Gasteiger partial charge is 0.338 e. The van der Waals surface area contributed by atoms with Gasteiger partial charge in [-0.05, 0) is 13.0 Å². The molecule has 0 atom stereocenters. The van der Waals surface area contributed by atoms with Crippen molar-refractivity contribution in [3.8, 4) is 0 Å². The van der Waals surface area contributed by atoms with Gasteiger partial charge in [0.1, 0.15) is 0 Å². The van der Waals surface area contributed by atoms with Crippen LogP contribution in [0.2, 0.25) is 0 Å². The highest BCUT2D eigenvalue weighted by molar-refractivity contribution is 6.17. The van der Waals surface area contributed by atoms with E-state index in [9.17, 15) is 14.9 Å². The Balaban J connectivity index is 3.31. The third-order valence-corrected chi connectivity index (χ3v) is 2.08. The van der Waals surface area contributed by atoms with Gasteiger partial charge in [0, 0.05) is 6.07 Å². The van der Waals surface area contributed by atoms with Crippen molar-refractivity contribution in [3.63, 3.8) is 0 Å². The van der Waals surface area contributed by atoms with Gasteiger partial charge in [-0.1, -0.05) is 18.2 Å². The monoisotopic (exact) mass is 221 g/mol. The van der Waals surface area contributed by atoms with Crippen molar-refractivity contribution >= 4 is 17.2 Å². The molecule has 84 valence electrons. The van der Waals surface area contributed by atoms with E-state index in [-0.39, 0.29) is 16.8 Å². The van der Waals surface area contributed by atoms with Crippen molar-refractivity contribution in [3.05, 3.63) is 46.0 Å². The molecule has 0 bridgehead atoms. The molecular weight excluding hydrogens is 210 g/mol. The highest BCUT2D eigenvalue weighted by Crippen LogP contribution is 2.26. The average molecular weight is 221 g/mol. The quantitative estimate of drug-likeness (QED) is 0.339. The summed E-state index contributed by atoms with van der Waals surface area (Å²) in [6.07, 6.45) is 1.49. The molecule has 0 aromatic heterocycles. The van der Waals surface area contributed by atoms with Crippen molar-refractivity contribution < 1.29 is 14.5 Å². The molecule has 0 heterocycles. The number of hydrogen-bond donors (Lipinski definition) is 0. The molecule has 16 heavy (non-hydrogen) atoms. The van der Waals surface area contributed by atoms with Gasteiger partial charge in [0.05, 0.1) is 23.2 Å². The molecule has 0 amide bonds. The molecule has 0 aliphatic carbocycles. The van der Waals surface area contributed by atoms with Crippen LogP contribution in [0.3, 0.4) is 0 Å². The molecule has 1 rings (SSSR count). The van der Waals surface area contributed by atoms with Crippen LogP contribution in [0.25, 0.3) is 5.57 Å². The molecule has 0 unspecified atom stereocenters. The molecule has 5 heteroatoms. The molecule has 0 spiro atoms. The first kappa shape index (κ1) is 11.9. The summed E-state index contributed by atoms with van der Waals surface area (Å²) in [7, 11) is 1.24. The summed E-state index contributed by atoms with van der Waals surface area (Å²) in [4.78, 5) is 21.7. The molecule has 1 aromatic rings. The zero-order valence-electron chi connectivity index (χ0n) is 8.97. The van der Waals surface area contributed by atoms with E-state index in [1.807, 2.05) is 0 Å². The Hall–Kier alpha value is -2.17. The van der Waals surface area contributed by atoms with Crippen LogP contribution in [0, 0.1) is 10.1 Å². The highest BCUT2D eigenvalue weighted by atomic mass is 16.6. The van der Waals surface area contributed by atoms with Crippen LogP contribution in [0.5, 0.6) is 0 Å². The molecule has 0 fully saturated rings. The van der Waals surface area contributed by atoms with Gasteiger partial charge in [-0.25, -0.2) is 4.79 Å². The van der Waals surface area contributed by atoms with E-state index in [2.05, 4.69) is 4.74 Å². The van der Waals surface area contributed by atoms with E-state index in [1.165, 1.54) is 25.3 Å². The number of methoxy groups -OCH3 is 1. The summed E-state index contributed by atoms with van der Waals surface area (Å²) >= 11 is 0. The van der Waals surface area contributed by atoms with Gasteiger partial charge in [0.25, 0.3) is 5.69 Å². The number of nitrogens with zero attached hydrogens (tertiary/aromatic N) is 1. The molecule has 1 aromatic carbocycles. The Bertz CT molecular complexity index is 451. The van der Waals surface area contributed by atoms with Gasteiger partial charge >= 0.3 is 5.97 Å². The second-order valence-corrected chi connectivity index (χ2v) is 2.97. The number of carbonyl (C=O) groups excluding carboxylic acids is 1. The number of nitro benzene ring substituents is 1. The van der Waals surface area contributed by atoms with Crippen molar-refractivity contribution in [2.24, 2.45) is 0 Å². The van der Waals surface area contributed by atoms with Crippen LogP contribution in [0.15, 0.2) is 30.3 Å². The summed E-state index contributed by atoms with van der Waals surface area (Å²) in [5.74, 6) is -0.586. The predicted octanol–water partition coefficient (Wildman–Crippen LogP) is 2.17. The number of para-hydroxylation sites is 1. The number of benzene rings is 1. The first-order valence-corrected chi connectivity index (χ1v) is 4.60. The van der Waals surface area contributed by atoms with E-state index in [1.54, 1.807) is 19.1 Å². The van der Waals surface area contributed by atoms with Crippen LogP contribution in [-0.2, 0) is 9.53 Å². The lowest BCUT2D eigenvalue weighted by Gasteiger charge is -2.05. The Morgan fingerprint density at radius 3 is 2.56 bits per heavy atom. The van der Waals surface area contributed by atoms with Crippen LogP contribution >= 0.6 is 0 Å². The van der Waals surface area contributed by atoms with Crippen molar-refractivity contribution in [2.45, 2.75) is 6.92 Å². The van der Waals surface area contributed by atoms with E-state index < -0.39 is 10.9 Å². The normalized spacial score (nSPS) is 11.0. The predicted molar refractivity (Wildman–Crippen MR) is 58.8 cm³/mol. The van der Waals surface area contributed by atoms with Gasteiger partial charge in [0.2, 0.25) is 0 Å². The zero-order valence-corrected chi connectivity index (χ0v) is 8.97. The van der Waals surface area contributed by atoms with Gasteiger partial charge in [-0.15, -0.1) is 0 Å². The minimum Gasteiger partial charge on any atom is -0.465 e. The van der Waals surface area contributed by atoms with Crippen LogP contribution in [0.1, 0.15) is 12.5 Å². The fourth-order valence-corrected chi connectivity index (χ4v) is 1.35. The van der Waals surface area contributed by atoms with Crippen molar-refractivity contribution in [2.75, 3.05) is 7.11 Å². The van der Waals surface area contributed by atoms with Crippen LogP contribution in [-0.4, -0.2) is 18.0 Å². The molecule has 0 aliphatic heterocycles. The lowest BCUT2D eigenvalue weighted by molar-refractivity contribution is -0.385. The topological polar surface area (TPSA) is 69.4 Å². The standard InChI is InChI=1S/C11H11NO4/c1-3-8(11(13)16-2)9-6-4-5-7-10(9)12(14)15/h3-7H,1-2H3/b8-3+. The molecule has 5 nitrogen and oxygen atoms in total. The number of ether oxygens (including phenoxy) is 1. The van der Waals surface area contributed by atoms with Crippen LogP contribution in [0.4, 0.5) is 5.69 Å². The van der Waals surface area contributed by atoms with Gasteiger partial charge in [-0.3, -0.25) is 10.1 Å². The number of esters is 1. The molecule has 0 saturated heterocycles. The number of allylic oxidation sites excluding steroid dienone is 1. The lowest BCUT2D eigenvalue weighted by Crippen LogP contribution is -2.05. The Morgan fingerprint density at radius 2 is 2.06 bits per heavy atom. The van der Waals surface area contributed by atoms with Gasteiger partial charge < -0.3 is 4.74 Å². The molecule has 0 N–H and O–H groups in total. The zero-order chi connectivity index (χ0) is 12.1. The van der Waals surface area contributed by atoms with Crippen LogP contribution < -0.4 is 0 Å². The van der Waals surface area contributed by atoms with Crippen molar-refractivity contribution in [1.82, 2.24) is 0 Å². The second-order valence-electron chi connectivity index (χ2n) is 2.97. The molecular formula is C11H11NO4. The lowest BCUT2D eigenvalue weighted by atomic mass is 10.0. The number of rotatable bonds is 3. The van der Waals surface area contributed by atoms with E-state index in [4.69, 9.17) is 0 Å². The first-order chi connectivity index (χ1) is 7.61. The first-order valence-electron chi connectivity index (χ1n) is 4.60. The summed E-state index contributed by atoms with van der Waals surface area (Å²) in [5, 5.41) is 10.8. The fraction of sp³-hybridized carbons (Fsp3) is 0.182. The van der Waals surface area contributed by atoms with E-state index >= 15 is 0 Å². The van der Waals surface area contributed by atoms with Gasteiger partial charge in [-0.2, -0.15) is 0 Å². The number of nitro groups is 1. The summed E-state index contributed by atoms with van der Waals surface area (Å²) in [5.41, 5.74) is 0.345. The minimum absolute atomic E-state index is 0.110. The molecule has 0 radical (unpaired) electrons. The molecule has 0 saturated carbocycles. The Morgan fingerprint density at radius 1 is 1.44 bits per heavy atom. The summed E-state index contributed by atoms with van der Waals surface area (Å²) in [6, 6.07) is 6.05. The average Bonchev–Trinajstić information content (AvgIpc) is 2.30. The maximum Gasteiger partial charge on any atom is 0.338 e. The van der Waals surface area contributed by atoms with Crippen molar-refractivity contribution in [1.29, 1.82) is 0 Å². The maximum atomic E-state index is 11.4. The summed E-state index contributed by atoms with van der Waals surface area (Å²) in [6.45, 7) is 1.63. The molecule has 0 aliphatic rings. The maximum absolute atomic E-state index is 11.4. The second kappa shape index (κ2) is 5.06. The Labute approximate surface area is 92.5 Å². The Kier molecular flexibility index (Phi) is 3.77. The summed E-state index contributed by atoms with van der Waals surface area (Å²) < 4.78 is 4.56. The number of hydrogen-bond acceptors (Lipinski definition) is 4. The third kappa shape index (κ3) is 2.25. The number of carbonyl (C=O) groups is 1. The largest absolute Gasteiger partial charge is 0.465 e. The highest BCUT2D eigenvalue weighted by Gasteiger charge is 2.20. The van der Waals surface area contributed by atoms with E-state index in [0.29, 0.717) is 0 Å². The minimum atomic E-state index is -0.586. The SMILES string of the molecule is C/C=C(/C(=O)OC)c1ccccc1[N+](=O)[O-].